The molecule has 1 N–H and O–H groups in total. The molecule has 5 nitrogen and oxygen atoms in total. The number of carbonyl (C=O) groups is 2. The number of sulfonamides is 1. The number of benzene rings is 3. The highest BCUT2D eigenvalue weighted by atomic mass is 32.2. The van der Waals surface area contributed by atoms with Gasteiger partial charge in [0.25, 0.3) is 10.0 Å². The van der Waals surface area contributed by atoms with Crippen molar-refractivity contribution in [1.82, 2.24) is 0 Å². The fourth-order valence-electron chi connectivity index (χ4n) is 3.09. The van der Waals surface area contributed by atoms with Crippen molar-refractivity contribution in [1.29, 1.82) is 0 Å². The molecule has 4 rings (SSSR count). The highest BCUT2D eigenvalue weighted by molar-refractivity contribution is 7.92. The maximum Gasteiger partial charge on any atom is 0.261 e. The van der Waals surface area contributed by atoms with Crippen LogP contribution >= 0.6 is 0 Å². The number of rotatable bonds is 3. The van der Waals surface area contributed by atoms with Gasteiger partial charge in [0.05, 0.1) is 4.90 Å². The summed E-state index contributed by atoms with van der Waals surface area (Å²) in [6, 6.07) is 17.5. The molecule has 0 saturated heterocycles. The SMILES string of the molecule is Cc1ccc(S(=O)(=O)Nc2ccc3c(c2)C(=O)c2ccccc2C3=O)cc1. The summed E-state index contributed by atoms with van der Waals surface area (Å²) in [7, 11) is -3.79. The van der Waals surface area contributed by atoms with Crippen molar-refractivity contribution < 1.29 is 18.0 Å². The lowest BCUT2D eigenvalue weighted by Crippen LogP contribution is -2.21. The van der Waals surface area contributed by atoms with Crippen LogP contribution in [0.1, 0.15) is 37.4 Å². The van der Waals surface area contributed by atoms with E-state index in [1.54, 1.807) is 36.4 Å². The van der Waals surface area contributed by atoms with Gasteiger partial charge in [-0.25, -0.2) is 8.42 Å². The Bertz CT molecular complexity index is 1200. The summed E-state index contributed by atoms with van der Waals surface area (Å²) >= 11 is 0. The van der Waals surface area contributed by atoms with Gasteiger partial charge in [0.15, 0.2) is 11.6 Å². The number of hydrogen-bond donors (Lipinski definition) is 1. The molecular weight excluding hydrogens is 362 g/mol. The third-order valence-corrected chi connectivity index (χ3v) is 5.91. The van der Waals surface area contributed by atoms with Gasteiger partial charge in [-0.1, -0.05) is 42.0 Å². The van der Waals surface area contributed by atoms with E-state index in [-0.39, 0.29) is 33.3 Å². The predicted octanol–water partition coefficient (Wildman–Crippen LogP) is 3.57. The minimum Gasteiger partial charge on any atom is -0.289 e. The van der Waals surface area contributed by atoms with Gasteiger partial charge < -0.3 is 0 Å². The first-order chi connectivity index (χ1) is 12.9. The van der Waals surface area contributed by atoms with Gasteiger partial charge in [0.1, 0.15) is 0 Å². The van der Waals surface area contributed by atoms with Crippen LogP contribution in [-0.2, 0) is 10.0 Å². The number of hydrogen-bond acceptors (Lipinski definition) is 4. The summed E-state index contributed by atoms with van der Waals surface area (Å²) < 4.78 is 27.6. The van der Waals surface area contributed by atoms with E-state index >= 15 is 0 Å². The zero-order chi connectivity index (χ0) is 19.2. The first kappa shape index (κ1) is 17.2. The largest absolute Gasteiger partial charge is 0.289 e. The van der Waals surface area contributed by atoms with Gasteiger partial charge in [-0.3, -0.25) is 14.3 Å². The first-order valence-corrected chi connectivity index (χ1v) is 9.77. The van der Waals surface area contributed by atoms with Crippen LogP contribution in [0.3, 0.4) is 0 Å². The van der Waals surface area contributed by atoms with Gasteiger partial charge in [0, 0.05) is 27.9 Å². The average molecular weight is 377 g/mol. The summed E-state index contributed by atoms with van der Waals surface area (Å²) in [5.41, 5.74) is 2.34. The molecule has 0 atom stereocenters. The van der Waals surface area contributed by atoms with Gasteiger partial charge in [-0.15, -0.1) is 0 Å². The summed E-state index contributed by atoms with van der Waals surface area (Å²) in [5.74, 6) is -0.537. The maximum atomic E-state index is 12.7. The molecule has 0 unspecified atom stereocenters. The first-order valence-electron chi connectivity index (χ1n) is 8.29. The van der Waals surface area contributed by atoms with Crippen LogP contribution in [-0.4, -0.2) is 20.0 Å². The van der Waals surface area contributed by atoms with Gasteiger partial charge in [-0.05, 0) is 37.3 Å². The van der Waals surface area contributed by atoms with Crippen LogP contribution in [0.2, 0.25) is 0 Å². The molecule has 6 heteroatoms. The summed E-state index contributed by atoms with van der Waals surface area (Å²) in [4.78, 5) is 25.5. The lowest BCUT2D eigenvalue weighted by Gasteiger charge is -2.18. The minimum absolute atomic E-state index is 0.124. The molecule has 0 spiro atoms. The molecule has 27 heavy (non-hydrogen) atoms. The van der Waals surface area contributed by atoms with E-state index in [4.69, 9.17) is 0 Å². The molecule has 3 aromatic rings. The van der Waals surface area contributed by atoms with Gasteiger partial charge in [-0.2, -0.15) is 0 Å². The third-order valence-electron chi connectivity index (χ3n) is 4.51. The third kappa shape index (κ3) is 2.94. The number of anilines is 1. The van der Waals surface area contributed by atoms with Crippen LogP contribution in [0, 0.1) is 6.92 Å². The molecule has 1 aliphatic rings. The Balaban J connectivity index is 1.72. The van der Waals surface area contributed by atoms with E-state index in [0.717, 1.165) is 5.56 Å². The Labute approximate surface area is 156 Å². The highest BCUT2D eigenvalue weighted by Gasteiger charge is 2.29. The lowest BCUT2D eigenvalue weighted by molar-refractivity contribution is 0.0979. The molecule has 0 aliphatic heterocycles. The van der Waals surface area contributed by atoms with Crippen molar-refractivity contribution in [2.75, 3.05) is 4.72 Å². The van der Waals surface area contributed by atoms with Crippen LogP contribution in [0.25, 0.3) is 0 Å². The second-order valence-electron chi connectivity index (χ2n) is 6.38. The van der Waals surface area contributed by atoms with Crippen LogP contribution < -0.4 is 4.72 Å². The van der Waals surface area contributed by atoms with E-state index < -0.39 is 10.0 Å². The fraction of sp³-hybridized carbons (Fsp3) is 0.0476. The van der Waals surface area contributed by atoms with Crippen LogP contribution in [0.4, 0.5) is 5.69 Å². The molecular formula is C21H15NO4S. The van der Waals surface area contributed by atoms with Crippen LogP contribution in [0.15, 0.2) is 71.6 Å². The maximum absolute atomic E-state index is 12.7. The van der Waals surface area contributed by atoms with Gasteiger partial charge in [0.2, 0.25) is 0 Å². The van der Waals surface area contributed by atoms with Crippen molar-refractivity contribution in [3.8, 4) is 0 Å². The monoisotopic (exact) mass is 377 g/mol. The molecule has 0 bridgehead atoms. The van der Waals surface area contributed by atoms with E-state index in [0.29, 0.717) is 11.1 Å². The average Bonchev–Trinajstić information content (AvgIpc) is 2.66. The predicted molar refractivity (Wildman–Crippen MR) is 102 cm³/mol. The van der Waals surface area contributed by atoms with E-state index in [2.05, 4.69) is 4.72 Å². The van der Waals surface area contributed by atoms with Crippen LogP contribution in [0.5, 0.6) is 0 Å². The fourth-order valence-corrected chi connectivity index (χ4v) is 4.14. The standard InChI is InChI=1S/C21H15NO4S/c1-13-6-9-15(10-7-13)27(25,26)22-14-8-11-18-19(12-14)21(24)17-5-3-2-4-16(17)20(18)23/h2-12,22H,1H3. The van der Waals surface area contributed by atoms with Crippen molar-refractivity contribution >= 4 is 27.3 Å². The second-order valence-corrected chi connectivity index (χ2v) is 8.07. The molecule has 0 radical (unpaired) electrons. The Morgan fingerprint density at radius 3 is 1.89 bits per heavy atom. The molecule has 0 fully saturated rings. The van der Waals surface area contributed by atoms with E-state index in [1.165, 1.54) is 30.3 Å². The Kier molecular flexibility index (Phi) is 3.93. The summed E-state index contributed by atoms with van der Waals surface area (Å²) in [6.07, 6.45) is 0. The van der Waals surface area contributed by atoms with Crippen molar-refractivity contribution in [2.45, 2.75) is 11.8 Å². The molecule has 134 valence electrons. The zero-order valence-corrected chi connectivity index (χ0v) is 15.2. The van der Waals surface area contributed by atoms with Crippen molar-refractivity contribution in [2.24, 2.45) is 0 Å². The van der Waals surface area contributed by atoms with Gasteiger partial charge >= 0.3 is 0 Å². The number of fused-ring (bicyclic) bond motifs is 2. The van der Waals surface area contributed by atoms with Crippen molar-refractivity contribution in [3.05, 3.63) is 94.5 Å². The summed E-state index contributed by atoms with van der Waals surface area (Å²) in [5, 5.41) is 0. The lowest BCUT2D eigenvalue weighted by atomic mass is 9.84. The molecule has 3 aromatic carbocycles. The minimum atomic E-state index is -3.79. The topological polar surface area (TPSA) is 80.3 Å². The quantitative estimate of drug-likeness (QED) is 0.592. The second kappa shape index (κ2) is 6.17. The van der Waals surface area contributed by atoms with E-state index in [1.807, 2.05) is 6.92 Å². The van der Waals surface area contributed by atoms with Crippen molar-refractivity contribution in [3.63, 3.8) is 0 Å². The summed E-state index contributed by atoms with van der Waals surface area (Å²) in [6.45, 7) is 1.87. The number of aryl methyl sites for hydroxylation is 1. The molecule has 0 amide bonds. The Hall–Kier alpha value is -3.25. The number of carbonyl (C=O) groups excluding carboxylic acids is 2. The Morgan fingerprint density at radius 1 is 0.704 bits per heavy atom. The molecule has 0 heterocycles. The molecule has 0 saturated carbocycles. The smallest absolute Gasteiger partial charge is 0.261 e. The number of nitrogens with one attached hydrogen (secondary N) is 1. The highest BCUT2D eigenvalue weighted by Crippen LogP contribution is 2.29. The molecule has 0 aromatic heterocycles. The van der Waals surface area contributed by atoms with E-state index in [9.17, 15) is 18.0 Å². The number of ketones is 2. The normalized spacial score (nSPS) is 13.1. The zero-order valence-electron chi connectivity index (χ0n) is 14.4. The molecule has 1 aliphatic carbocycles. The Morgan fingerprint density at radius 2 is 1.26 bits per heavy atom.